The summed E-state index contributed by atoms with van der Waals surface area (Å²) in [4.78, 5) is 31.4. The Morgan fingerprint density at radius 2 is 1.85 bits per heavy atom. The van der Waals surface area contributed by atoms with Crippen molar-refractivity contribution in [3.63, 3.8) is 0 Å². The summed E-state index contributed by atoms with van der Waals surface area (Å²) in [5.41, 5.74) is 1.28. The second-order valence-corrected chi connectivity index (χ2v) is 13.5. The third-order valence-electron chi connectivity index (χ3n) is 6.72. The minimum Gasteiger partial charge on any atom is -0.478 e. The number of carbonyl (C=O) groups excluding carboxylic acids is 1. The van der Waals surface area contributed by atoms with E-state index in [0.717, 1.165) is 51.5 Å². The molecule has 2 heterocycles. The van der Waals surface area contributed by atoms with Crippen LogP contribution in [0.15, 0.2) is 46.4 Å². The molecule has 3 N–H and O–H groups in total. The Kier molecular flexibility index (Phi) is 8.67. The van der Waals surface area contributed by atoms with Crippen LogP contribution < -0.4 is 10.1 Å². The highest BCUT2D eigenvalue weighted by Gasteiger charge is 2.37. The van der Waals surface area contributed by atoms with Crippen LogP contribution in [0, 0.1) is 0 Å². The van der Waals surface area contributed by atoms with Crippen molar-refractivity contribution < 1.29 is 23.5 Å². The molecule has 3 aromatic rings. The number of ether oxygens (including phenoxy) is 1. The molecular formula is C27H35N5O5S2. The molecule has 5 rings (SSSR count). The van der Waals surface area contributed by atoms with Gasteiger partial charge in [0.25, 0.3) is 5.91 Å². The van der Waals surface area contributed by atoms with Crippen LogP contribution in [-0.2, 0) is 9.63 Å². The van der Waals surface area contributed by atoms with Crippen LogP contribution in [0.1, 0.15) is 50.5 Å². The third kappa shape index (κ3) is 7.06. The molecule has 39 heavy (non-hydrogen) atoms. The minimum absolute atomic E-state index is 0.0169. The molecule has 10 nitrogen and oxygen atoms in total. The van der Waals surface area contributed by atoms with Gasteiger partial charge in [0, 0.05) is 18.2 Å². The third-order valence-corrected chi connectivity index (χ3v) is 9.97. The summed E-state index contributed by atoms with van der Waals surface area (Å²) < 4.78 is 26.9. The zero-order valence-corrected chi connectivity index (χ0v) is 23.8. The van der Waals surface area contributed by atoms with Crippen molar-refractivity contribution in [3.05, 3.63) is 42.0 Å². The van der Waals surface area contributed by atoms with E-state index < -0.39 is 16.5 Å². The highest BCUT2D eigenvalue weighted by Crippen LogP contribution is 2.61. The molecule has 0 atom stereocenters. The Hall–Kier alpha value is -2.77. The minimum atomic E-state index is -2.83. The van der Waals surface area contributed by atoms with Crippen LogP contribution in [-0.4, -0.2) is 74.2 Å². The van der Waals surface area contributed by atoms with Crippen molar-refractivity contribution in [1.29, 1.82) is 0 Å². The summed E-state index contributed by atoms with van der Waals surface area (Å²) in [6.07, 6.45) is 6.47. The number of oxime groups is 1. The predicted molar refractivity (Wildman–Crippen MR) is 155 cm³/mol. The van der Waals surface area contributed by atoms with Crippen LogP contribution in [0.3, 0.4) is 0 Å². The number of fused-ring (bicyclic) bond motifs is 1. The lowest BCUT2D eigenvalue weighted by atomic mass is 10.1. The Labute approximate surface area is 233 Å². The van der Waals surface area contributed by atoms with Gasteiger partial charge in [-0.1, -0.05) is 28.6 Å². The van der Waals surface area contributed by atoms with Crippen molar-refractivity contribution in [2.75, 3.05) is 32.6 Å². The first-order valence-electron chi connectivity index (χ1n) is 13.3. The molecule has 0 unspecified atom stereocenters. The van der Waals surface area contributed by atoms with Gasteiger partial charge in [0.2, 0.25) is 5.88 Å². The van der Waals surface area contributed by atoms with E-state index in [-0.39, 0.29) is 17.1 Å². The van der Waals surface area contributed by atoms with Crippen LogP contribution >= 0.6 is 21.9 Å². The topological polar surface area (TPSA) is 129 Å². The van der Waals surface area contributed by atoms with Gasteiger partial charge < -0.3 is 14.5 Å². The quantitative estimate of drug-likeness (QED) is 0.145. The number of nitrogens with zero attached hydrogens (tertiary/aromatic N) is 4. The van der Waals surface area contributed by atoms with E-state index in [0.29, 0.717) is 38.4 Å². The lowest BCUT2D eigenvalue weighted by Crippen LogP contribution is -2.25. The van der Waals surface area contributed by atoms with E-state index in [4.69, 9.17) is 9.57 Å². The molecule has 1 aromatic carbocycles. The van der Waals surface area contributed by atoms with E-state index in [1.807, 2.05) is 20.2 Å². The van der Waals surface area contributed by atoms with Crippen LogP contribution in [0.4, 0.5) is 5.13 Å². The number of anilines is 1. The highest BCUT2D eigenvalue weighted by molar-refractivity contribution is 8.25. The Bertz CT molecular complexity index is 1320. The molecule has 0 spiro atoms. The molecule has 0 bridgehead atoms. The monoisotopic (exact) mass is 573 g/mol. The van der Waals surface area contributed by atoms with Gasteiger partial charge in [0.1, 0.15) is 16.5 Å². The predicted octanol–water partition coefficient (Wildman–Crippen LogP) is 5.60. The van der Waals surface area contributed by atoms with Crippen molar-refractivity contribution in [1.82, 2.24) is 14.9 Å². The number of benzene rings is 1. The SMILES string of the molecule is CN(C)CCCOc1ccc2nc(NC(=O)C(=NOC3CCCC3)c3ccc(S(O)(O)C4CC4)cc3)sc2n1. The Morgan fingerprint density at radius 3 is 2.54 bits per heavy atom. The fourth-order valence-corrected chi connectivity index (χ4v) is 6.94. The van der Waals surface area contributed by atoms with Crippen LogP contribution in [0.2, 0.25) is 0 Å². The lowest BCUT2D eigenvalue weighted by molar-refractivity contribution is -0.110. The molecule has 0 saturated heterocycles. The van der Waals surface area contributed by atoms with Crippen molar-refractivity contribution in [3.8, 4) is 5.88 Å². The lowest BCUT2D eigenvalue weighted by Gasteiger charge is -2.32. The van der Waals surface area contributed by atoms with Crippen LogP contribution in [0.25, 0.3) is 10.3 Å². The molecule has 2 fully saturated rings. The standard InChI is InChI=1S/C27H35N5O5S2/c1-32(2)16-5-17-36-23-15-14-22-26(29-23)38-27(28-22)30-25(33)24(31-37-19-6-3-4-7-19)18-8-10-20(11-9-18)39(34,35)21-12-13-21/h8-11,14-15,19,21,34-35H,3-7,12-13,16-17H2,1-2H3,(H,28,30,33). The number of pyridine rings is 1. The highest BCUT2D eigenvalue weighted by atomic mass is 32.3. The maximum absolute atomic E-state index is 13.4. The Balaban J connectivity index is 1.31. The number of carbonyl (C=O) groups is 1. The first-order chi connectivity index (χ1) is 18.8. The second kappa shape index (κ2) is 12.2. The fraction of sp³-hybridized carbons (Fsp3) is 0.481. The largest absolute Gasteiger partial charge is 0.478 e. The zero-order valence-electron chi connectivity index (χ0n) is 22.2. The maximum Gasteiger partial charge on any atom is 0.280 e. The van der Waals surface area contributed by atoms with Gasteiger partial charge in [-0.25, -0.2) is 9.97 Å². The van der Waals surface area contributed by atoms with Gasteiger partial charge in [-0.3, -0.25) is 19.2 Å². The van der Waals surface area contributed by atoms with Gasteiger partial charge in [-0.2, -0.15) is 10.6 Å². The molecule has 2 aliphatic rings. The first kappa shape index (κ1) is 27.8. The van der Waals surface area contributed by atoms with Gasteiger partial charge in [-0.15, -0.1) is 0 Å². The molecule has 0 aliphatic heterocycles. The maximum atomic E-state index is 13.4. The number of amides is 1. The number of hydrogen-bond donors (Lipinski definition) is 3. The molecule has 12 heteroatoms. The average molecular weight is 574 g/mol. The molecule has 2 aromatic heterocycles. The van der Waals surface area contributed by atoms with E-state index in [1.54, 1.807) is 30.3 Å². The number of rotatable bonds is 12. The second-order valence-electron chi connectivity index (χ2n) is 10.2. The molecule has 2 saturated carbocycles. The van der Waals surface area contributed by atoms with E-state index in [1.165, 1.54) is 11.3 Å². The van der Waals surface area contributed by atoms with Gasteiger partial charge in [0.05, 0.1) is 16.8 Å². The Morgan fingerprint density at radius 1 is 1.10 bits per heavy atom. The van der Waals surface area contributed by atoms with E-state index in [2.05, 4.69) is 25.3 Å². The number of hydrogen-bond acceptors (Lipinski definition) is 10. The van der Waals surface area contributed by atoms with Gasteiger partial charge in [-0.05, 0) is 77.2 Å². The molecule has 0 radical (unpaired) electrons. The summed E-state index contributed by atoms with van der Waals surface area (Å²) in [5.74, 6) is 0.0565. The van der Waals surface area contributed by atoms with Gasteiger partial charge in [0.15, 0.2) is 10.8 Å². The summed E-state index contributed by atoms with van der Waals surface area (Å²) in [6.45, 7) is 1.49. The number of nitrogens with one attached hydrogen (secondary N) is 1. The summed E-state index contributed by atoms with van der Waals surface area (Å²) in [6, 6.07) is 10.3. The smallest absolute Gasteiger partial charge is 0.280 e. The number of aromatic nitrogens is 2. The molecule has 2 aliphatic carbocycles. The van der Waals surface area contributed by atoms with Crippen molar-refractivity contribution in [2.45, 2.75) is 61.2 Å². The van der Waals surface area contributed by atoms with Crippen molar-refractivity contribution >= 4 is 49.0 Å². The zero-order chi connectivity index (χ0) is 27.4. The number of thiazole rings is 1. The van der Waals surface area contributed by atoms with Crippen LogP contribution in [0.5, 0.6) is 5.88 Å². The normalized spacial score (nSPS) is 17.1. The van der Waals surface area contributed by atoms with E-state index >= 15 is 0 Å². The molecule has 1 amide bonds. The summed E-state index contributed by atoms with van der Waals surface area (Å²) in [7, 11) is 1.21. The van der Waals surface area contributed by atoms with E-state index in [9.17, 15) is 13.9 Å². The molecule has 210 valence electrons. The summed E-state index contributed by atoms with van der Waals surface area (Å²) >= 11 is 1.25. The van der Waals surface area contributed by atoms with Gasteiger partial charge >= 0.3 is 0 Å². The first-order valence-corrected chi connectivity index (χ1v) is 15.7. The fourth-order valence-electron chi connectivity index (χ4n) is 4.40. The van der Waals surface area contributed by atoms with Crippen molar-refractivity contribution in [2.24, 2.45) is 5.16 Å². The molecular weight excluding hydrogens is 538 g/mol. The summed E-state index contributed by atoms with van der Waals surface area (Å²) in [5, 5.41) is 7.41. The average Bonchev–Trinajstić information content (AvgIpc) is 3.52.